The van der Waals surface area contributed by atoms with Crippen LogP contribution in [-0.4, -0.2) is 11.4 Å². The first-order valence-corrected chi connectivity index (χ1v) is 4.58. The maximum atomic E-state index is 10.7. The summed E-state index contributed by atoms with van der Waals surface area (Å²) >= 11 is 0. The van der Waals surface area contributed by atoms with E-state index in [0.717, 1.165) is 0 Å². The summed E-state index contributed by atoms with van der Waals surface area (Å²) in [6.45, 7) is 0. The fraction of sp³-hybridized carbons (Fsp3) is 0.0833. The van der Waals surface area contributed by atoms with Gasteiger partial charge in [-0.2, -0.15) is 0 Å². The van der Waals surface area contributed by atoms with Crippen LogP contribution in [0.3, 0.4) is 0 Å². The molecule has 76 valence electrons. The minimum atomic E-state index is -0.888. The molecule has 1 aromatic heterocycles. The fourth-order valence-electron chi connectivity index (χ4n) is 1.44. The Balaban J connectivity index is 2.36. The van der Waals surface area contributed by atoms with Crippen LogP contribution in [0.4, 0.5) is 0 Å². The van der Waals surface area contributed by atoms with Gasteiger partial charge in [-0.3, -0.25) is 4.79 Å². The highest BCUT2D eigenvalue weighted by molar-refractivity contribution is 5.76. The normalized spacial score (nSPS) is 12.3. The minimum absolute atomic E-state index is 0.288. The second kappa shape index (κ2) is 4.11. The van der Waals surface area contributed by atoms with Crippen LogP contribution in [-0.2, 0) is 0 Å². The topological polar surface area (TPSA) is 50.4 Å². The fourth-order valence-corrected chi connectivity index (χ4v) is 1.44. The maximum absolute atomic E-state index is 10.7. The second-order valence-electron chi connectivity index (χ2n) is 3.17. The lowest BCUT2D eigenvalue weighted by Crippen LogP contribution is -2.00. The van der Waals surface area contributed by atoms with Gasteiger partial charge in [-0.05, 0) is 11.6 Å². The summed E-state index contributed by atoms with van der Waals surface area (Å²) in [6.07, 6.45) is 1.18. The van der Waals surface area contributed by atoms with Crippen molar-refractivity contribution >= 4 is 6.29 Å². The van der Waals surface area contributed by atoms with E-state index in [0.29, 0.717) is 17.4 Å². The van der Waals surface area contributed by atoms with Crippen molar-refractivity contribution in [3.8, 4) is 0 Å². The molecule has 0 amide bonds. The molecule has 0 bridgehead atoms. The zero-order valence-corrected chi connectivity index (χ0v) is 7.96. The Labute approximate surface area is 87.0 Å². The summed E-state index contributed by atoms with van der Waals surface area (Å²) in [6, 6.07) is 10.6. The SMILES string of the molecule is O=Cc1ccoc1C(O)c1ccccc1. The van der Waals surface area contributed by atoms with E-state index in [-0.39, 0.29) is 5.76 Å². The van der Waals surface area contributed by atoms with E-state index in [2.05, 4.69) is 0 Å². The number of aldehydes is 1. The molecular weight excluding hydrogens is 192 g/mol. The predicted molar refractivity (Wildman–Crippen MR) is 54.6 cm³/mol. The Kier molecular flexibility index (Phi) is 2.65. The number of aliphatic hydroxyl groups excluding tert-OH is 1. The first-order valence-electron chi connectivity index (χ1n) is 4.58. The van der Waals surface area contributed by atoms with E-state index in [1.165, 1.54) is 12.3 Å². The lowest BCUT2D eigenvalue weighted by atomic mass is 10.1. The predicted octanol–water partition coefficient (Wildman–Crippen LogP) is 2.17. The van der Waals surface area contributed by atoms with E-state index in [1.54, 1.807) is 12.1 Å². The Morgan fingerprint density at radius 2 is 1.93 bits per heavy atom. The number of aliphatic hydroxyl groups is 1. The van der Waals surface area contributed by atoms with Gasteiger partial charge >= 0.3 is 0 Å². The van der Waals surface area contributed by atoms with Crippen LogP contribution in [0.2, 0.25) is 0 Å². The third-order valence-corrected chi connectivity index (χ3v) is 2.22. The zero-order valence-electron chi connectivity index (χ0n) is 7.96. The average molecular weight is 202 g/mol. The number of benzene rings is 1. The molecule has 1 aromatic carbocycles. The molecule has 0 radical (unpaired) electrons. The van der Waals surface area contributed by atoms with Crippen LogP contribution in [0, 0.1) is 0 Å². The number of furan rings is 1. The van der Waals surface area contributed by atoms with Crippen molar-refractivity contribution in [2.45, 2.75) is 6.10 Å². The number of hydrogen-bond acceptors (Lipinski definition) is 3. The van der Waals surface area contributed by atoms with Crippen LogP contribution < -0.4 is 0 Å². The summed E-state index contributed by atoms with van der Waals surface area (Å²) < 4.78 is 5.09. The van der Waals surface area contributed by atoms with Gasteiger partial charge in [0.15, 0.2) is 6.29 Å². The molecule has 0 aliphatic carbocycles. The minimum Gasteiger partial charge on any atom is -0.465 e. The zero-order chi connectivity index (χ0) is 10.7. The molecule has 0 aliphatic heterocycles. The second-order valence-corrected chi connectivity index (χ2v) is 3.17. The third kappa shape index (κ3) is 1.82. The molecule has 15 heavy (non-hydrogen) atoms. The Bertz CT molecular complexity index is 445. The highest BCUT2D eigenvalue weighted by Crippen LogP contribution is 2.24. The molecule has 2 rings (SSSR count). The van der Waals surface area contributed by atoms with Gasteiger partial charge < -0.3 is 9.52 Å². The largest absolute Gasteiger partial charge is 0.465 e. The van der Waals surface area contributed by atoms with Crippen LogP contribution >= 0.6 is 0 Å². The monoisotopic (exact) mass is 202 g/mol. The lowest BCUT2D eigenvalue weighted by molar-refractivity contribution is 0.111. The summed E-state index contributed by atoms with van der Waals surface area (Å²) in [5.41, 5.74) is 1.09. The van der Waals surface area contributed by atoms with Crippen molar-refractivity contribution in [2.24, 2.45) is 0 Å². The molecule has 1 unspecified atom stereocenters. The van der Waals surface area contributed by atoms with Crippen molar-refractivity contribution in [3.63, 3.8) is 0 Å². The van der Waals surface area contributed by atoms with Gasteiger partial charge in [0.1, 0.15) is 11.9 Å². The van der Waals surface area contributed by atoms with E-state index in [1.807, 2.05) is 18.2 Å². The summed E-state index contributed by atoms with van der Waals surface area (Å²) in [5, 5.41) is 9.94. The van der Waals surface area contributed by atoms with E-state index in [9.17, 15) is 9.90 Å². The molecule has 3 nitrogen and oxygen atoms in total. The summed E-state index contributed by atoms with van der Waals surface area (Å²) in [5.74, 6) is 0.288. The van der Waals surface area contributed by atoms with Crippen LogP contribution in [0.25, 0.3) is 0 Å². The Morgan fingerprint density at radius 1 is 1.20 bits per heavy atom. The summed E-state index contributed by atoms with van der Waals surface area (Å²) in [4.78, 5) is 10.7. The van der Waals surface area contributed by atoms with E-state index >= 15 is 0 Å². The van der Waals surface area contributed by atoms with Gasteiger partial charge in [0.2, 0.25) is 0 Å². The van der Waals surface area contributed by atoms with E-state index < -0.39 is 6.10 Å². The smallest absolute Gasteiger partial charge is 0.153 e. The van der Waals surface area contributed by atoms with Crippen LogP contribution in [0.15, 0.2) is 47.1 Å². The number of carbonyl (C=O) groups excluding carboxylic acids is 1. The van der Waals surface area contributed by atoms with Crippen molar-refractivity contribution < 1.29 is 14.3 Å². The van der Waals surface area contributed by atoms with Crippen molar-refractivity contribution in [3.05, 3.63) is 59.5 Å². The van der Waals surface area contributed by atoms with Crippen LogP contribution in [0.1, 0.15) is 27.8 Å². The molecule has 0 spiro atoms. The molecule has 1 atom stereocenters. The lowest BCUT2D eigenvalue weighted by Gasteiger charge is -2.08. The standard InChI is InChI=1S/C12H10O3/c13-8-10-6-7-15-12(10)11(14)9-4-2-1-3-5-9/h1-8,11,14H. The summed E-state index contributed by atoms with van der Waals surface area (Å²) in [7, 11) is 0. The van der Waals surface area contributed by atoms with E-state index in [4.69, 9.17) is 4.42 Å². The van der Waals surface area contributed by atoms with Crippen LogP contribution in [0.5, 0.6) is 0 Å². The van der Waals surface area contributed by atoms with Crippen molar-refractivity contribution in [2.75, 3.05) is 0 Å². The first kappa shape index (κ1) is 9.68. The van der Waals surface area contributed by atoms with Gasteiger partial charge in [0, 0.05) is 0 Å². The van der Waals surface area contributed by atoms with Gasteiger partial charge in [-0.25, -0.2) is 0 Å². The van der Waals surface area contributed by atoms with Gasteiger partial charge in [-0.15, -0.1) is 0 Å². The number of rotatable bonds is 3. The third-order valence-electron chi connectivity index (χ3n) is 2.22. The molecule has 0 fully saturated rings. The molecule has 1 heterocycles. The molecular formula is C12H10O3. The highest BCUT2D eigenvalue weighted by Gasteiger charge is 2.17. The molecule has 1 N–H and O–H groups in total. The molecule has 0 saturated carbocycles. The highest BCUT2D eigenvalue weighted by atomic mass is 16.4. The Hall–Kier alpha value is -1.87. The van der Waals surface area contributed by atoms with Crippen molar-refractivity contribution in [1.82, 2.24) is 0 Å². The quantitative estimate of drug-likeness (QED) is 0.776. The average Bonchev–Trinajstić information content (AvgIpc) is 2.77. The van der Waals surface area contributed by atoms with Crippen molar-refractivity contribution in [1.29, 1.82) is 0 Å². The Morgan fingerprint density at radius 3 is 2.60 bits per heavy atom. The van der Waals surface area contributed by atoms with Gasteiger partial charge in [0.05, 0.1) is 11.8 Å². The maximum Gasteiger partial charge on any atom is 0.153 e. The van der Waals surface area contributed by atoms with Gasteiger partial charge in [-0.1, -0.05) is 30.3 Å². The van der Waals surface area contributed by atoms with Gasteiger partial charge in [0.25, 0.3) is 0 Å². The molecule has 3 heteroatoms. The first-order chi connectivity index (χ1) is 7.33. The number of carbonyl (C=O) groups is 1. The molecule has 0 saturated heterocycles. The molecule has 0 aliphatic rings. The number of hydrogen-bond donors (Lipinski definition) is 1. The molecule has 2 aromatic rings.